The molecule has 0 saturated carbocycles. The van der Waals surface area contributed by atoms with Crippen LogP contribution in [0.1, 0.15) is 10.5 Å². The van der Waals surface area contributed by atoms with Gasteiger partial charge in [-0.05, 0) is 22.0 Å². The lowest BCUT2D eigenvalue weighted by Crippen LogP contribution is -2.10. The molecule has 0 atom stereocenters. The van der Waals surface area contributed by atoms with Crippen molar-refractivity contribution in [3.05, 3.63) is 39.8 Å². The van der Waals surface area contributed by atoms with Crippen molar-refractivity contribution in [1.82, 2.24) is 14.4 Å². The van der Waals surface area contributed by atoms with Crippen LogP contribution < -0.4 is 5.73 Å². The molecule has 3 heterocycles. The van der Waals surface area contributed by atoms with Crippen molar-refractivity contribution in [3.63, 3.8) is 0 Å². The standard InChI is InChI=1S/C11H6BrClN4O/c12-6-1-5-3-15-9(13)2-8(5)17-4-7(10(14)18)16-11(6)17/h1-4H,(H2,14,18). The summed E-state index contributed by atoms with van der Waals surface area (Å²) in [6.45, 7) is 0. The van der Waals surface area contributed by atoms with Gasteiger partial charge in [0.05, 0.1) is 9.99 Å². The molecule has 7 heteroatoms. The van der Waals surface area contributed by atoms with E-state index in [4.69, 9.17) is 17.3 Å². The summed E-state index contributed by atoms with van der Waals surface area (Å²) >= 11 is 9.28. The summed E-state index contributed by atoms with van der Waals surface area (Å²) in [7, 11) is 0. The fourth-order valence-corrected chi connectivity index (χ4v) is 2.48. The largest absolute Gasteiger partial charge is 0.364 e. The molecular formula is C11H6BrClN4O. The van der Waals surface area contributed by atoms with Crippen LogP contribution in [0, 0.1) is 0 Å². The number of hydrogen-bond acceptors (Lipinski definition) is 3. The lowest BCUT2D eigenvalue weighted by Gasteiger charge is -2.03. The zero-order valence-corrected chi connectivity index (χ0v) is 11.2. The van der Waals surface area contributed by atoms with Crippen LogP contribution in [-0.2, 0) is 0 Å². The molecule has 0 fully saturated rings. The minimum atomic E-state index is -0.570. The summed E-state index contributed by atoms with van der Waals surface area (Å²) in [6, 6.07) is 3.58. The average Bonchev–Trinajstić information content (AvgIpc) is 2.76. The molecule has 0 spiro atoms. The van der Waals surface area contributed by atoms with Crippen molar-refractivity contribution in [1.29, 1.82) is 0 Å². The number of aromatic nitrogens is 3. The number of hydrogen-bond donors (Lipinski definition) is 1. The van der Waals surface area contributed by atoms with Crippen molar-refractivity contribution in [2.24, 2.45) is 5.73 Å². The van der Waals surface area contributed by atoms with Gasteiger partial charge in [-0.1, -0.05) is 11.6 Å². The first kappa shape index (κ1) is 11.4. The summed E-state index contributed by atoms with van der Waals surface area (Å²) in [5.74, 6) is -0.570. The number of nitrogens with two attached hydrogens (primary N) is 1. The lowest BCUT2D eigenvalue weighted by atomic mass is 10.3. The normalized spacial score (nSPS) is 11.2. The second-order valence-electron chi connectivity index (χ2n) is 3.74. The second kappa shape index (κ2) is 3.93. The van der Waals surface area contributed by atoms with E-state index in [0.29, 0.717) is 10.8 Å². The predicted molar refractivity (Wildman–Crippen MR) is 71.7 cm³/mol. The third-order valence-electron chi connectivity index (χ3n) is 2.59. The molecule has 0 aliphatic heterocycles. The van der Waals surface area contributed by atoms with Gasteiger partial charge in [-0.25, -0.2) is 9.97 Å². The second-order valence-corrected chi connectivity index (χ2v) is 4.98. The summed E-state index contributed by atoms with van der Waals surface area (Å²) in [4.78, 5) is 19.4. The minimum Gasteiger partial charge on any atom is -0.364 e. The number of halogens is 2. The SMILES string of the molecule is NC(=O)c1cn2c(n1)c(Br)cc1cnc(Cl)cc12. The van der Waals surface area contributed by atoms with Gasteiger partial charge in [0.25, 0.3) is 5.91 Å². The number of rotatable bonds is 1. The molecule has 0 unspecified atom stereocenters. The zero-order valence-electron chi connectivity index (χ0n) is 8.89. The van der Waals surface area contributed by atoms with E-state index in [9.17, 15) is 4.79 Å². The fraction of sp³-hybridized carbons (Fsp3) is 0. The smallest absolute Gasteiger partial charge is 0.268 e. The van der Waals surface area contributed by atoms with E-state index in [1.54, 1.807) is 22.9 Å². The molecule has 18 heavy (non-hydrogen) atoms. The van der Waals surface area contributed by atoms with E-state index in [1.165, 1.54) is 0 Å². The maximum atomic E-state index is 11.2. The molecular weight excluding hydrogens is 320 g/mol. The van der Waals surface area contributed by atoms with Crippen LogP contribution in [0.4, 0.5) is 0 Å². The van der Waals surface area contributed by atoms with Crippen molar-refractivity contribution in [2.75, 3.05) is 0 Å². The van der Waals surface area contributed by atoms with Crippen LogP contribution in [0.5, 0.6) is 0 Å². The van der Waals surface area contributed by atoms with Gasteiger partial charge in [-0.3, -0.25) is 9.20 Å². The summed E-state index contributed by atoms with van der Waals surface area (Å²) in [6.07, 6.45) is 3.24. The Bertz CT molecular complexity index is 798. The predicted octanol–water partition coefficient (Wildman–Crippen LogP) is 2.40. The lowest BCUT2D eigenvalue weighted by molar-refractivity contribution is 0.0996. The molecule has 5 nitrogen and oxygen atoms in total. The van der Waals surface area contributed by atoms with Gasteiger partial charge < -0.3 is 5.73 Å². The van der Waals surface area contributed by atoms with Crippen LogP contribution in [0.3, 0.4) is 0 Å². The van der Waals surface area contributed by atoms with E-state index in [0.717, 1.165) is 15.4 Å². The number of amides is 1. The first-order valence-corrected chi connectivity index (χ1v) is 6.16. The molecule has 3 aromatic rings. The van der Waals surface area contributed by atoms with Crippen molar-refractivity contribution >= 4 is 50.0 Å². The number of pyridine rings is 2. The van der Waals surface area contributed by atoms with Crippen LogP contribution in [0.15, 0.2) is 29.0 Å². The van der Waals surface area contributed by atoms with Crippen LogP contribution in [0.2, 0.25) is 5.15 Å². The highest BCUT2D eigenvalue weighted by atomic mass is 79.9. The maximum absolute atomic E-state index is 11.2. The number of fused-ring (bicyclic) bond motifs is 3. The van der Waals surface area contributed by atoms with Crippen molar-refractivity contribution in [3.8, 4) is 0 Å². The van der Waals surface area contributed by atoms with Crippen LogP contribution in [-0.4, -0.2) is 20.3 Å². The number of nitrogens with zero attached hydrogens (tertiary/aromatic N) is 3. The molecule has 3 aromatic heterocycles. The molecule has 0 radical (unpaired) electrons. The van der Waals surface area contributed by atoms with Gasteiger partial charge in [-0.15, -0.1) is 0 Å². The number of carbonyl (C=O) groups is 1. The summed E-state index contributed by atoms with van der Waals surface area (Å²) in [5.41, 5.74) is 6.86. The van der Waals surface area contributed by atoms with Gasteiger partial charge in [0.1, 0.15) is 10.8 Å². The van der Waals surface area contributed by atoms with E-state index in [1.807, 2.05) is 6.07 Å². The average molecular weight is 326 g/mol. The molecule has 0 bridgehead atoms. The zero-order chi connectivity index (χ0) is 12.9. The Labute approximate surface area is 115 Å². The third-order valence-corrected chi connectivity index (χ3v) is 3.38. The Morgan fingerprint density at radius 2 is 2.22 bits per heavy atom. The van der Waals surface area contributed by atoms with E-state index >= 15 is 0 Å². The van der Waals surface area contributed by atoms with Gasteiger partial charge in [0.2, 0.25) is 0 Å². The van der Waals surface area contributed by atoms with Crippen LogP contribution in [0.25, 0.3) is 16.6 Å². The minimum absolute atomic E-state index is 0.205. The molecule has 0 saturated heterocycles. The number of carbonyl (C=O) groups excluding carboxylic acids is 1. The monoisotopic (exact) mass is 324 g/mol. The van der Waals surface area contributed by atoms with Crippen LogP contribution >= 0.6 is 27.5 Å². The summed E-state index contributed by atoms with van der Waals surface area (Å²) in [5, 5.41) is 1.26. The summed E-state index contributed by atoms with van der Waals surface area (Å²) < 4.78 is 2.51. The molecule has 0 aliphatic rings. The number of primary amides is 1. The van der Waals surface area contributed by atoms with E-state index in [-0.39, 0.29) is 5.69 Å². The Morgan fingerprint density at radius 3 is 2.94 bits per heavy atom. The Kier molecular flexibility index (Phi) is 2.49. The molecule has 0 aliphatic carbocycles. The number of imidazole rings is 1. The molecule has 90 valence electrons. The Hall–Kier alpha value is -1.66. The third kappa shape index (κ3) is 1.65. The van der Waals surface area contributed by atoms with Gasteiger partial charge in [0.15, 0.2) is 5.65 Å². The first-order valence-electron chi connectivity index (χ1n) is 4.99. The van der Waals surface area contributed by atoms with Gasteiger partial charge in [0, 0.05) is 23.8 Å². The first-order chi connectivity index (χ1) is 8.56. The maximum Gasteiger partial charge on any atom is 0.268 e. The molecule has 1 amide bonds. The molecule has 3 rings (SSSR count). The quantitative estimate of drug-likeness (QED) is 0.698. The topological polar surface area (TPSA) is 73.3 Å². The van der Waals surface area contributed by atoms with Gasteiger partial charge >= 0.3 is 0 Å². The van der Waals surface area contributed by atoms with E-state index < -0.39 is 5.91 Å². The van der Waals surface area contributed by atoms with E-state index in [2.05, 4.69) is 25.9 Å². The van der Waals surface area contributed by atoms with Crippen molar-refractivity contribution < 1.29 is 4.79 Å². The Morgan fingerprint density at radius 1 is 1.44 bits per heavy atom. The highest BCUT2D eigenvalue weighted by Crippen LogP contribution is 2.26. The van der Waals surface area contributed by atoms with Gasteiger partial charge in [-0.2, -0.15) is 0 Å². The fourth-order valence-electron chi connectivity index (χ4n) is 1.80. The van der Waals surface area contributed by atoms with Crippen molar-refractivity contribution in [2.45, 2.75) is 0 Å². The highest BCUT2D eigenvalue weighted by Gasteiger charge is 2.12. The molecule has 0 aromatic carbocycles. The highest BCUT2D eigenvalue weighted by molar-refractivity contribution is 9.10. The molecule has 2 N–H and O–H groups in total. The Balaban J connectivity index is 2.50.